The third kappa shape index (κ3) is 3.65. The molecule has 0 saturated carbocycles. The van der Waals surface area contributed by atoms with Crippen LogP contribution in [0.25, 0.3) is 22.4 Å². The minimum absolute atomic E-state index is 0.0880. The van der Waals surface area contributed by atoms with E-state index in [1.165, 1.54) is 11.3 Å². The van der Waals surface area contributed by atoms with Gasteiger partial charge in [0.05, 0.1) is 0 Å². The summed E-state index contributed by atoms with van der Waals surface area (Å²) in [6.45, 7) is 1.79. The maximum absolute atomic E-state index is 12.3. The van der Waals surface area contributed by atoms with E-state index < -0.39 is 5.91 Å². The Hall–Kier alpha value is -3.46. The Labute approximate surface area is 163 Å². The average Bonchev–Trinajstić information content (AvgIpc) is 3.45. The lowest BCUT2D eigenvalue weighted by molar-refractivity contribution is -0.121. The molecule has 0 unspecified atom stereocenters. The van der Waals surface area contributed by atoms with Gasteiger partial charge in [-0.25, -0.2) is 0 Å². The van der Waals surface area contributed by atoms with Crippen molar-refractivity contribution in [2.75, 3.05) is 0 Å². The number of fused-ring (bicyclic) bond motifs is 1. The molecule has 0 spiro atoms. The number of furan rings is 1. The molecule has 3 heterocycles. The number of rotatable bonds is 5. The molecular formula is C19H16N4O4S. The molecule has 4 rings (SSSR count). The molecule has 3 aromatic heterocycles. The Morgan fingerprint density at radius 1 is 1.11 bits per heavy atom. The number of carbonyl (C=O) groups excluding carboxylic acids is 2. The van der Waals surface area contributed by atoms with Crippen LogP contribution in [0.1, 0.15) is 28.4 Å². The maximum Gasteiger partial charge on any atom is 0.305 e. The summed E-state index contributed by atoms with van der Waals surface area (Å²) in [5.41, 5.74) is 6.92. The van der Waals surface area contributed by atoms with Gasteiger partial charge in [-0.15, -0.1) is 10.2 Å². The third-order valence-corrected chi connectivity index (χ3v) is 4.85. The van der Waals surface area contributed by atoms with Crippen LogP contribution in [0.5, 0.6) is 0 Å². The van der Waals surface area contributed by atoms with Crippen molar-refractivity contribution >= 4 is 34.1 Å². The lowest BCUT2D eigenvalue weighted by Gasteiger charge is -2.05. The summed E-state index contributed by atoms with van der Waals surface area (Å²) in [6, 6.07) is 9.24. The first-order valence-corrected chi connectivity index (χ1v) is 9.48. The van der Waals surface area contributed by atoms with Crippen molar-refractivity contribution in [2.45, 2.75) is 19.8 Å². The number of hydrogen-bond acceptors (Lipinski definition) is 7. The highest BCUT2D eigenvalue weighted by molar-refractivity contribution is 7.08. The van der Waals surface area contributed by atoms with Gasteiger partial charge >= 0.3 is 5.91 Å². The van der Waals surface area contributed by atoms with Crippen LogP contribution >= 0.6 is 11.3 Å². The van der Waals surface area contributed by atoms with Gasteiger partial charge in [0.15, 0.2) is 5.76 Å². The van der Waals surface area contributed by atoms with Gasteiger partial charge in [-0.3, -0.25) is 20.4 Å². The van der Waals surface area contributed by atoms with Gasteiger partial charge in [-0.1, -0.05) is 18.2 Å². The molecule has 0 aliphatic carbocycles. The number of amides is 2. The Balaban J connectivity index is 1.30. The van der Waals surface area contributed by atoms with Crippen LogP contribution in [0.2, 0.25) is 0 Å². The van der Waals surface area contributed by atoms with Gasteiger partial charge in [0, 0.05) is 34.7 Å². The van der Waals surface area contributed by atoms with Crippen LogP contribution in [0, 0.1) is 6.92 Å². The Morgan fingerprint density at radius 2 is 1.96 bits per heavy atom. The molecule has 9 heteroatoms. The standard InChI is InChI=1S/C19H16N4O4S/c1-11-13-4-2-3-5-14(13)26-17(11)18(25)22-20-15(24)6-7-16-21-23-19(27-16)12-8-9-28-10-12/h2-5,8-10H,6-7H2,1H3,(H,20,24)(H,22,25). The van der Waals surface area contributed by atoms with Gasteiger partial charge in [-0.2, -0.15) is 11.3 Å². The summed E-state index contributed by atoms with van der Waals surface area (Å²) < 4.78 is 11.1. The Morgan fingerprint density at radius 3 is 2.75 bits per heavy atom. The predicted octanol–water partition coefficient (Wildman–Crippen LogP) is 3.25. The lowest BCUT2D eigenvalue weighted by Crippen LogP contribution is -2.41. The number of hydrazine groups is 1. The van der Waals surface area contributed by atoms with Crippen LogP contribution in [-0.2, 0) is 11.2 Å². The second-order valence-electron chi connectivity index (χ2n) is 6.07. The fourth-order valence-electron chi connectivity index (χ4n) is 2.71. The second-order valence-corrected chi connectivity index (χ2v) is 6.85. The Bertz CT molecular complexity index is 1130. The summed E-state index contributed by atoms with van der Waals surface area (Å²) in [4.78, 5) is 24.3. The van der Waals surface area contributed by atoms with E-state index in [0.29, 0.717) is 22.9 Å². The minimum Gasteiger partial charge on any atom is -0.451 e. The van der Waals surface area contributed by atoms with E-state index >= 15 is 0 Å². The number of thiophene rings is 1. The summed E-state index contributed by atoms with van der Waals surface area (Å²) in [6.07, 6.45) is 0.354. The minimum atomic E-state index is -0.514. The average molecular weight is 396 g/mol. The molecule has 1 aromatic carbocycles. The first kappa shape index (κ1) is 17.9. The van der Waals surface area contributed by atoms with Crippen molar-refractivity contribution in [1.82, 2.24) is 21.0 Å². The van der Waals surface area contributed by atoms with Crippen LogP contribution in [0.15, 0.2) is 49.9 Å². The zero-order chi connectivity index (χ0) is 19.5. The van der Waals surface area contributed by atoms with Crippen molar-refractivity contribution in [1.29, 1.82) is 0 Å². The Kier molecular flexibility index (Phi) is 4.90. The quantitative estimate of drug-likeness (QED) is 0.501. The molecule has 0 aliphatic rings. The van der Waals surface area contributed by atoms with Gasteiger partial charge in [-0.05, 0) is 24.4 Å². The van der Waals surface area contributed by atoms with Crippen molar-refractivity contribution in [3.63, 3.8) is 0 Å². The molecule has 8 nitrogen and oxygen atoms in total. The fraction of sp³-hybridized carbons (Fsp3) is 0.158. The molecule has 142 valence electrons. The van der Waals surface area contributed by atoms with E-state index in [1.54, 1.807) is 13.0 Å². The third-order valence-electron chi connectivity index (χ3n) is 4.17. The van der Waals surface area contributed by atoms with E-state index in [4.69, 9.17) is 8.83 Å². The van der Waals surface area contributed by atoms with Crippen LogP contribution < -0.4 is 10.9 Å². The maximum atomic E-state index is 12.3. The van der Waals surface area contributed by atoms with Gasteiger partial charge in [0.2, 0.25) is 17.7 Å². The highest BCUT2D eigenvalue weighted by Crippen LogP contribution is 2.24. The summed E-state index contributed by atoms with van der Waals surface area (Å²) in [5.74, 6) is 0.0527. The molecule has 0 aliphatic heterocycles. The van der Waals surface area contributed by atoms with Gasteiger partial charge in [0.25, 0.3) is 0 Å². The van der Waals surface area contributed by atoms with Crippen LogP contribution in [-0.4, -0.2) is 22.0 Å². The van der Waals surface area contributed by atoms with E-state index in [9.17, 15) is 9.59 Å². The number of carbonyl (C=O) groups is 2. The first-order valence-electron chi connectivity index (χ1n) is 8.54. The zero-order valence-corrected chi connectivity index (χ0v) is 15.7. The normalized spacial score (nSPS) is 10.9. The van der Waals surface area contributed by atoms with E-state index in [0.717, 1.165) is 10.9 Å². The molecule has 2 amide bonds. The molecule has 0 fully saturated rings. The van der Waals surface area contributed by atoms with E-state index in [-0.39, 0.29) is 24.5 Å². The molecule has 4 aromatic rings. The number of hydrogen-bond donors (Lipinski definition) is 2. The number of aryl methyl sites for hydroxylation is 2. The highest BCUT2D eigenvalue weighted by Gasteiger charge is 2.18. The van der Waals surface area contributed by atoms with E-state index in [2.05, 4.69) is 21.0 Å². The van der Waals surface area contributed by atoms with Crippen molar-refractivity contribution in [2.24, 2.45) is 0 Å². The topological polar surface area (TPSA) is 110 Å². The zero-order valence-electron chi connectivity index (χ0n) is 14.9. The smallest absolute Gasteiger partial charge is 0.305 e. The molecule has 0 saturated heterocycles. The lowest BCUT2D eigenvalue weighted by atomic mass is 10.1. The number of benzene rings is 1. The molecule has 0 bridgehead atoms. The van der Waals surface area contributed by atoms with Crippen LogP contribution in [0.3, 0.4) is 0 Å². The van der Waals surface area contributed by atoms with Crippen molar-refractivity contribution in [3.05, 3.63) is 58.3 Å². The molecule has 2 N–H and O–H groups in total. The van der Waals surface area contributed by atoms with Gasteiger partial charge in [0.1, 0.15) is 5.58 Å². The number of nitrogens with zero attached hydrogens (tertiary/aromatic N) is 2. The molecular weight excluding hydrogens is 380 g/mol. The number of nitrogens with one attached hydrogen (secondary N) is 2. The summed E-state index contributed by atoms with van der Waals surface area (Å²) in [7, 11) is 0. The fourth-order valence-corrected chi connectivity index (χ4v) is 3.34. The summed E-state index contributed by atoms with van der Waals surface area (Å²) in [5, 5.41) is 12.6. The molecule has 0 radical (unpaired) electrons. The second kappa shape index (κ2) is 7.65. The highest BCUT2D eigenvalue weighted by atomic mass is 32.1. The van der Waals surface area contributed by atoms with Crippen LogP contribution in [0.4, 0.5) is 0 Å². The number of para-hydroxylation sites is 1. The SMILES string of the molecule is Cc1c(C(=O)NNC(=O)CCc2nnc(-c3ccsc3)o2)oc2ccccc12. The van der Waals surface area contributed by atoms with Gasteiger partial charge < -0.3 is 8.83 Å². The largest absolute Gasteiger partial charge is 0.451 e. The summed E-state index contributed by atoms with van der Waals surface area (Å²) >= 11 is 1.53. The predicted molar refractivity (Wildman–Crippen MR) is 102 cm³/mol. The molecule has 0 atom stereocenters. The first-order chi connectivity index (χ1) is 13.6. The monoisotopic (exact) mass is 396 g/mol. The number of aromatic nitrogens is 2. The van der Waals surface area contributed by atoms with E-state index in [1.807, 2.05) is 35.0 Å². The van der Waals surface area contributed by atoms with Crippen molar-refractivity contribution in [3.8, 4) is 11.5 Å². The molecule has 28 heavy (non-hydrogen) atoms. The van der Waals surface area contributed by atoms with Crippen molar-refractivity contribution < 1.29 is 18.4 Å².